The molecule has 0 saturated carbocycles. The maximum absolute atomic E-state index is 14.7. The van der Waals surface area contributed by atoms with E-state index in [1.165, 1.54) is 6.07 Å². The molecule has 1 saturated heterocycles. The number of halogens is 1. The molecular weight excluding hydrogens is 547 g/mol. The van der Waals surface area contributed by atoms with Crippen LogP contribution in [0.5, 0.6) is 5.75 Å². The molecule has 8 rings (SSSR count). The number of anilines is 1. The van der Waals surface area contributed by atoms with Crippen LogP contribution in [0.25, 0.3) is 55.8 Å². The van der Waals surface area contributed by atoms with Crippen LogP contribution in [-0.2, 0) is 11.5 Å². The van der Waals surface area contributed by atoms with Crippen molar-refractivity contribution in [3.05, 3.63) is 89.7 Å². The van der Waals surface area contributed by atoms with Gasteiger partial charge in [-0.3, -0.25) is 9.59 Å². The van der Waals surface area contributed by atoms with Crippen LogP contribution >= 0.6 is 0 Å². The molecule has 1 N–H and O–H groups in total. The van der Waals surface area contributed by atoms with Crippen molar-refractivity contribution in [1.82, 2.24) is 14.9 Å². The van der Waals surface area contributed by atoms with Crippen LogP contribution in [-0.4, -0.2) is 35.0 Å². The minimum Gasteiger partial charge on any atom is -0.470 e. The first kappa shape index (κ1) is 25.3. The van der Waals surface area contributed by atoms with Gasteiger partial charge in [-0.15, -0.1) is 0 Å². The number of aryl methyl sites for hydroxylation is 1. The van der Waals surface area contributed by atoms with E-state index in [0.717, 1.165) is 22.3 Å². The molecule has 8 nitrogen and oxygen atoms in total. The van der Waals surface area contributed by atoms with E-state index in [4.69, 9.17) is 14.1 Å². The summed E-state index contributed by atoms with van der Waals surface area (Å²) in [6.07, 6.45) is 0.449. The largest absolute Gasteiger partial charge is 0.470 e. The van der Waals surface area contributed by atoms with Gasteiger partial charge in [0.1, 0.15) is 28.6 Å². The number of hydrogen-bond acceptors (Lipinski definition) is 5. The molecule has 2 aliphatic rings. The number of carbonyl (C=O) groups excluding carboxylic acids is 2. The Morgan fingerprint density at radius 2 is 1.86 bits per heavy atom. The third-order valence-corrected chi connectivity index (χ3v) is 8.33. The van der Waals surface area contributed by atoms with Crippen LogP contribution in [0.1, 0.15) is 22.3 Å². The number of aromatic nitrogens is 2. The highest BCUT2D eigenvalue weighted by atomic mass is 19.1. The summed E-state index contributed by atoms with van der Waals surface area (Å²) < 4.78 is 28.9. The topological polar surface area (TPSA) is 89.6 Å². The molecule has 0 unspecified atom stereocenters. The highest BCUT2D eigenvalue weighted by molar-refractivity contribution is 6.14. The Kier molecular flexibility index (Phi) is 5.46. The van der Waals surface area contributed by atoms with E-state index in [0.29, 0.717) is 69.0 Å². The molecule has 3 aromatic carbocycles. The number of amides is 2. The standard InChI is InChI=1S/C34H25FN4O4/c1-18-6-8-19(9-7-18)33-31(34(41)36-2)22-14-21(26(16-29(22)43-33)38-13-12-30(38)40)24-10-11-28-32(37-24)27-15-20-23(35)4-3-5-25(20)39(27)17-42-28/h3-11,14-16H,12-13,17H2,1-2H3,(H,36,41). The Morgan fingerprint density at radius 3 is 2.60 bits per heavy atom. The van der Waals surface area contributed by atoms with Crippen molar-refractivity contribution in [3.63, 3.8) is 0 Å². The maximum Gasteiger partial charge on any atom is 0.255 e. The van der Waals surface area contributed by atoms with Gasteiger partial charge >= 0.3 is 0 Å². The number of carbonyl (C=O) groups is 2. The number of benzene rings is 3. The number of furan rings is 1. The van der Waals surface area contributed by atoms with Gasteiger partial charge in [0, 0.05) is 48.0 Å². The average Bonchev–Trinajstić information content (AvgIpc) is 3.59. The van der Waals surface area contributed by atoms with Gasteiger partial charge in [0.2, 0.25) is 5.91 Å². The average molecular weight is 573 g/mol. The number of nitrogens with zero attached hydrogens (tertiary/aromatic N) is 3. The van der Waals surface area contributed by atoms with Gasteiger partial charge in [-0.1, -0.05) is 35.9 Å². The van der Waals surface area contributed by atoms with Crippen molar-refractivity contribution in [2.24, 2.45) is 0 Å². The number of hydrogen-bond donors (Lipinski definition) is 1. The molecule has 2 amide bonds. The molecule has 1 fully saturated rings. The zero-order valence-corrected chi connectivity index (χ0v) is 23.4. The lowest BCUT2D eigenvalue weighted by Gasteiger charge is -2.32. The molecule has 0 radical (unpaired) electrons. The zero-order valence-electron chi connectivity index (χ0n) is 23.4. The fraction of sp³-hybridized carbons (Fsp3) is 0.147. The molecule has 3 aromatic heterocycles. The lowest BCUT2D eigenvalue weighted by atomic mass is 9.98. The molecule has 0 aliphatic carbocycles. The van der Waals surface area contributed by atoms with Crippen LogP contribution < -0.4 is 15.0 Å². The van der Waals surface area contributed by atoms with E-state index in [9.17, 15) is 14.0 Å². The smallest absolute Gasteiger partial charge is 0.255 e. The van der Waals surface area contributed by atoms with Gasteiger partial charge in [-0.25, -0.2) is 9.37 Å². The Morgan fingerprint density at radius 1 is 1.02 bits per heavy atom. The van der Waals surface area contributed by atoms with Crippen molar-refractivity contribution in [3.8, 4) is 39.7 Å². The van der Waals surface area contributed by atoms with Crippen LogP contribution in [0.15, 0.2) is 77.2 Å². The van der Waals surface area contributed by atoms with Crippen molar-refractivity contribution in [2.75, 3.05) is 18.5 Å². The summed E-state index contributed by atoms with van der Waals surface area (Å²) in [6, 6.07) is 21.9. The number of fused-ring (bicyclic) bond motifs is 6. The number of ether oxygens (including phenoxy) is 1. The Hall–Kier alpha value is -5.44. The summed E-state index contributed by atoms with van der Waals surface area (Å²) in [5, 5.41) is 3.84. The molecule has 43 heavy (non-hydrogen) atoms. The molecule has 0 spiro atoms. The predicted octanol–water partition coefficient (Wildman–Crippen LogP) is 6.68. The van der Waals surface area contributed by atoms with Gasteiger partial charge in [0.15, 0.2) is 6.73 Å². The number of nitrogens with one attached hydrogen (secondary N) is 1. The second kappa shape index (κ2) is 9.29. The molecule has 5 heterocycles. The number of rotatable bonds is 4. The first-order valence-electron chi connectivity index (χ1n) is 14.0. The summed E-state index contributed by atoms with van der Waals surface area (Å²) in [6.45, 7) is 2.80. The summed E-state index contributed by atoms with van der Waals surface area (Å²) in [5.41, 5.74) is 6.68. The quantitative estimate of drug-likeness (QED) is 0.238. The third-order valence-electron chi connectivity index (χ3n) is 8.33. The second-order valence-electron chi connectivity index (χ2n) is 10.9. The zero-order chi connectivity index (χ0) is 29.4. The number of pyridine rings is 1. The van der Waals surface area contributed by atoms with E-state index in [1.54, 1.807) is 24.1 Å². The van der Waals surface area contributed by atoms with E-state index in [-0.39, 0.29) is 24.4 Å². The number of β-lactam (4-membered cyclic amide) rings is 1. The SMILES string of the molecule is CNC(=O)c1c(-c2ccc(C)cc2)oc2cc(N3CCC3=O)c(-c3ccc4c(n3)-c3cc5c(F)cccc5n3CO4)cc12. The Balaban J connectivity index is 1.36. The van der Waals surface area contributed by atoms with Crippen molar-refractivity contribution >= 4 is 39.4 Å². The van der Waals surface area contributed by atoms with Crippen LogP contribution in [0, 0.1) is 12.7 Å². The molecule has 0 atom stereocenters. The fourth-order valence-electron chi connectivity index (χ4n) is 6.00. The Bertz CT molecular complexity index is 2140. The van der Waals surface area contributed by atoms with E-state index >= 15 is 0 Å². The van der Waals surface area contributed by atoms with Crippen LogP contribution in [0.4, 0.5) is 10.1 Å². The molecule has 9 heteroatoms. The van der Waals surface area contributed by atoms with E-state index in [1.807, 2.05) is 66.1 Å². The van der Waals surface area contributed by atoms with Crippen molar-refractivity contribution < 1.29 is 23.1 Å². The van der Waals surface area contributed by atoms with Crippen molar-refractivity contribution in [1.29, 1.82) is 0 Å². The second-order valence-corrected chi connectivity index (χ2v) is 10.9. The molecule has 6 aromatic rings. The predicted molar refractivity (Wildman–Crippen MR) is 161 cm³/mol. The minimum atomic E-state index is -0.313. The molecule has 0 bridgehead atoms. The Labute approximate surface area is 245 Å². The summed E-state index contributed by atoms with van der Waals surface area (Å²) >= 11 is 0. The fourth-order valence-corrected chi connectivity index (χ4v) is 6.00. The molecule has 212 valence electrons. The van der Waals surface area contributed by atoms with E-state index in [2.05, 4.69) is 5.32 Å². The first-order valence-corrected chi connectivity index (χ1v) is 14.0. The highest BCUT2D eigenvalue weighted by Gasteiger charge is 2.31. The summed E-state index contributed by atoms with van der Waals surface area (Å²) in [5.74, 6) is 0.428. The van der Waals surface area contributed by atoms with Crippen LogP contribution in [0.2, 0.25) is 0 Å². The van der Waals surface area contributed by atoms with Gasteiger partial charge in [-0.05, 0) is 43.3 Å². The van der Waals surface area contributed by atoms with Crippen LogP contribution in [0.3, 0.4) is 0 Å². The lowest BCUT2D eigenvalue weighted by molar-refractivity contribution is -0.122. The monoisotopic (exact) mass is 572 g/mol. The van der Waals surface area contributed by atoms with E-state index < -0.39 is 0 Å². The van der Waals surface area contributed by atoms with Gasteiger partial charge in [0.05, 0.1) is 28.2 Å². The summed E-state index contributed by atoms with van der Waals surface area (Å²) in [4.78, 5) is 32.7. The van der Waals surface area contributed by atoms with Gasteiger partial charge < -0.3 is 23.9 Å². The third kappa shape index (κ3) is 3.77. The first-order chi connectivity index (χ1) is 20.9. The van der Waals surface area contributed by atoms with Crippen molar-refractivity contribution in [2.45, 2.75) is 20.1 Å². The molecular formula is C34H25FN4O4. The highest BCUT2D eigenvalue weighted by Crippen LogP contribution is 2.44. The lowest BCUT2D eigenvalue weighted by Crippen LogP contribution is -2.43. The molecule has 2 aliphatic heterocycles. The normalized spacial score (nSPS) is 13.9. The minimum absolute atomic E-state index is 0.00525. The summed E-state index contributed by atoms with van der Waals surface area (Å²) in [7, 11) is 1.58. The van der Waals surface area contributed by atoms with Gasteiger partial charge in [-0.2, -0.15) is 0 Å². The van der Waals surface area contributed by atoms with Gasteiger partial charge in [0.25, 0.3) is 5.91 Å². The maximum atomic E-state index is 14.7.